The molecule has 0 spiro atoms. The van der Waals surface area contributed by atoms with Crippen LogP contribution >= 0.6 is 28.1 Å². The zero-order valence-corrected chi connectivity index (χ0v) is 14.4. The van der Waals surface area contributed by atoms with E-state index in [-0.39, 0.29) is 0 Å². The molecule has 0 atom stereocenters. The summed E-state index contributed by atoms with van der Waals surface area (Å²) >= 11 is 8.60. The topological polar surface area (TPSA) is 45.6 Å². The van der Waals surface area contributed by atoms with E-state index in [9.17, 15) is 0 Å². The van der Waals surface area contributed by atoms with Crippen LogP contribution in [0, 0.1) is 0 Å². The van der Waals surface area contributed by atoms with Crippen LogP contribution in [0.3, 0.4) is 0 Å². The Morgan fingerprint density at radius 3 is 2.73 bits per heavy atom. The van der Waals surface area contributed by atoms with Crippen molar-refractivity contribution in [3.05, 3.63) is 64.1 Å². The maximum absolute atomic E-state index is 5.18. The summed E-state index contributed by atoms with van der Waals surface area (Å²) in [4.78, 5) is 0. The van der Waals surface area contributed by atoms with Crippen LogP contribution in [-0.4, -0.2) is 18.4 Å². The number of rotatable bonds is 5. The minimum absolute atomic E-state index is 0.479. The normalized spacial score (nSPS) is 10.5. The first kappa shape index (κ1) is 16.5. The molecule has 6 heteroatoms. The lowest BCUT2D eigenvalue weighted by Crippen LogP contribution is -2.31. The molecule has 2 rings (SSSR count). The molecular formula is C16H16BrN3OS. The molecule has 0 aliphatic heterocycles. The van der Waals surface area contributed by atoms with Crippen molar-refractivity contribution >= 4 is 39.5 Å². The van der Waals surface area contributed by atoms with Gasteiger partial charge in [0, 0.05) is 6.54 Å². The fraction of sp³-hybridized carbons (Fsp3) is 0.125. The highest BCUT2D eigenvalue weighted by Gasteiger charge is 1.99. The van der Waals surface area contributed by atoms with Gasteiger partial charge in [0.1, 0.15) is 5.75 Å². The molecule has 0 aliphatic carbocycles. The number of thiocarbonyl (C=S) groups is 1. The van der Waals surface area contributed by atoms with Crippen LogP contribution in [0.25, 0.3) is 0 Å². The Bertz CT molecular complexity index is 662. The third-order valence-corrected chi connectivity index (χ3v) is 3.71. The number of nitrogens with one attached hydrogen (secondary N) is 2. The van der Waals surface area contributed by atoms with Crippen LogP contribution in [0.1, 0.15) is 11.1 Å². The van der Waals surface area contributed by atoms with Crippen molar-refractivity contribution in [1.29, 1.82) is 0 Å². The van der Waals surface area contributed by atoms with Crippen LogP contribution < -0.4 is 15.5 Å². The second kappa shape index (κ2) is 8.51. The van der Waals surface area contributed by atoms with Crippen LogP contribution in [0.5, 0.6) is 5.75 Å². The summed E-state index contributed by atoms with van der Waals surface area (Å²) in [6, 6.07) is 15.7. The van der Waals surface area contributed by atoms with Crippen LogP contribution in [0.15, 0.2) is 58.1 Å². The van der Waals surface area contributed by atoms with Crippen molar-refractivity contribution in [2.45, 2.75) is 6.54 Å². The van der Waals surface area contributed by atoms with Crippen LogP contribution in [0.4, 0.5) is 0 Å². The zero-order valence-electron chi connectivity index (χ0n) is 12.0. The first-order valence-electron chi connectivity index (χ1n) is 6.63. The summed E-state index contributed by atoms with van der Waals surface area (Å²) < 4.78 is 6.06. The van der Waals surface area contributed by atoms with Gasteiger partial charge in [0.05, 0.1) is 17.8 Å². The summed E-state index contributed by atoms with van der Waals surface area (Å²) in [6.45, 7) is 0.663. The first-order valence-corrected chi connectivity index (χ1v) is 7.83. The SMILES string of the molecule is COc1ccc(/C=N/NC(=S)NCc2ccccc2)cc1Br. The van der Waals surface area contributed by atoms with Gasteiger partial charge in [-0.15, -0.1) is 0 Å². The number of hydrogen-bond acceptors (Lipinski definition) is 3. The maximum Gasteiger partial charge on any atom is 0.187 e. The molecule has 0 bridgehead atoms. The number of hydrogen-bond donors (Lipinski definition) is 2. The van der Waals surface area contributed by atoms with E-state index in [0.29, 0.717) is 11.7 Å². The Morgan fingerprint density at radius 1 is 1.27 bits per heavy atom. The first-order chi connectivity index (χ1) is 10.7. The highest BCUT2D eigenvalue weighted by molar-refractivity contribution is 9.10. The lowest BCUT2D eigenvalue weighted by molar-refractivity contribution is 0.412. The van der Waals surface area contributed by atoms with E-state index in [0.717, 1.165) is 21.3 Å². The summed E-state index contributed by atoms with van der Waals surface area (Å²) in [5, 5.41) is 7.68. The molecule has 0 amide bonds. The van der Waals surface area contributed by atoms with E-state index in [1.165, 1.54) is 0 Å². The molecule has 2 aromatic carbocycles. The van der Waals surface area contributed by atoms with Crippen molar-refractivity contribution in [2.75, 3.05) is 7.11 Å². The highest BCUT2D eigenvalue weighted by Crippen LogP contribution is 2.24. The molecular weight excluding hydrogens is 362 g/mol. The summed E-state index contributed by atoms with van der Waals surface area (Å²) in [5.74, 6) is 0.783. The van der Waals surface area contributed by atoms with Gasteiger partial charge in [0.2, 0.25) is 0 Å². The fourth-order valence-corrected chi connectivity index (χ4v) is 2.43. The van der Waals surface area contributed by atoms with Crippen LogP contribution in [0.2, 0.25) is 0 Å². The van der Waals surface area contributed by atoms with Gasteiger partial charge in [-0.3, -0.25) is 5.43 Å². The van der Waals surface area contributed by atoms with E-state index in [4.69, 9.17) is 17.0 Å². The van der Waals surface area contributed by atoms with Crippen molar-refractivity contribution in [2.24, 2.45) is 5.10 Å². The Kier molecular flexibility index (Phi) is 6.36. The minimum Gasteiger partial charge on any atom is -0.496 e. The molecule has 0 aliphatic rings. The molecule has 2 aromatic rings. The number of benzene rings is 2. The summed E-state index contributed by atoms with van der Waals surface area (Å²) in [6.07, 6.45) is 1.70. The number of methoxy groups -OCH3 is 1. The third kappa shape index (κ3) is 5.13. The third-order valence-electron chi connectivity index (χ3n) is 2.85. The Morgan fingerprint density at radius 2 is 2.05 bits per heavy atom. The lowest BCUT2D eigenvalue weighted by Gasteiger charge is -2.07. The largest absolute Gasteiger partial charge is 0.496 e. The van der Waals surface area contributed by atoms with Gasteiger partial charge < -0.3 is 10.1 Å². The standard InChI is InChI=1S/C16H16BrN3OS/c1-21-15-8-7-13(9-14(15)17)11-19-20-16(22)18-10-12-5-3-2-4-6-12/h2-9,11H,10H2,1H3,(H2,18,20,22)/b19-11+. The number of nitrogens with zero attached hydrogens (tertiary/aromatic N) is 1. The van der Waals surface area contributed by atoms with Crippen LogP contribution in [-0.2, 0) is 6.54 Å². The minimum atomic E-state index is 0.479. The van der Waals surface area contributed by atoms with Crippen molar-refractivity contribution in [3.8, 4) is 5.75 Å². The van der Waals surface area contributed by atoms with E-state index in [2.05, 4.69) is 31.8 Å². The highest BCUT2D eigenvalue weighted by atomic mass is 79.9. The second-order valence-electron chi connectivity index (χ2n) is 4.43. The van der Waals surface area contributed by atoms with Gasteiger partial charge in [-0.2, -0.15) is 5.10 Å². The number of hydrazone groups is 1. The van der Waals surface area contributed by atoms with Crippen molar-refractivity contribution in [1.82, 2.24) is 10.7 Å². The summed E-state index contributed by atoms with van der Waals surface area (Å²) in [5.41, 5.74) is 4.89. The fourth-order valence-electron chi connectivity index (χ4n) is 1.75. The molecule has 0 fully saturated rings. The van der Waals surface area contributed by atoms with Crippen molar-refractivity contribution in [3.63, 3.8) is 0 Å². The van der Waals surface area contributed by atoms with E-state index in [1.807, 2.05) is 48.5 Å². The number of ether oxygens (including phenoxy) is 1. The van der Waals surface area contributed by atoms with Gasteiger partial charge in [-0.25, -0.2) is 0 Å². The monoisotopic (exact) mass is 377 g/mol. The average molecular weight is 378 g/mol. The molecule has 0 saturated heterocycles. The molecule has 2 N–H and O–H groups in total. The molecule has 0 heterocycles. The Labute approximate surface area is 143 Å². The van der Waals surface area contributed by atoms with Gasteiger partial charge in [0.15, 0.2) is 5.11 Å². The molecule has 22 heavy (non-hydrogen) atoms. The van der Waals surface area contributed by atoms with Crippen molar-refractivity contribution < 1.29 is 4.74 Å². The maximum atomic E-state index is 5.18. The lowest BCUT2D eigenvalue weighted by atomic mass is 10.2. The zero-order chi connectivity index (χ0) is 15.8. The average Bonchev–Trinajstić information content (AvgIpc) is 2.54. The quantitative estimate of drug-likeness (QED) is 0.475. The predicted octanol–water partition coefficient (Wildman–Crippen LogP) is 3.46. The van der Waals surface area contributed by atoms with Gasteiger partial charge in [-0.05, 0) is 57.5 Å². The Hall–Kier alpha value is -1.92. The van der Waals surface area contributed by atoms with Gasteiger partial charge >= 0.3 is 0 Å². The van der Waals surface area contributed by atoms with Gasteiger partial charge in [-0.1, -0.05) is 30.3 Å². The molecule has 0 unspecified atom stereocenters. The summed E-state index contributed by atoms with van der Waals surface area (Å²) in [7, 11) is 1.63. The molecule has 0 radical (unpaired) electrons. The second-order valence-corrected chi connectivity index (χ2v) is 5.69. The molecule has 4 nitrogen and oxygen atoms in total. The Balaban J connectivity index is 1.81. The van der Waals surface area contributed by atoms with E-state index in [1.54, 1.807) is 13.3 Å². The van der Waals surface area contributed by atoms with Gasteiger partial charge in [0.25, 0.3) is 0 Å². The number of halogens is 1. The smallest absolute Gasteiger partial charge is 0.187 e. The molecule has 114 valence electrons. The van der Waals surface area contributed by atoms with E-state index < -0.39 is 0 Å². The molecule has 0 aromatic heterocycles. The predicted molar refractivity (Wildman–Crippen MR) is 97.3 cm³/mol. The van der Waals surface area contributed by atoms with E-state index >= 15 is 0 Å². The molecule has 0 saturated carbocycles.